The van der Waals surface area contributed by atoms with Crippen molar-refractivity contribution in [3.05, 3.63) is 17.5 Å². The minimum absolute atomic E-state index is 0.0771. The van der Waals surface area contributed by atoms with E-state index in [4.69, 9.17) is 10.6 Å². The van der Waals surface area contributed by atoms with E-state index in [0.29, 0.717) is 24.3 Å². The summed E-state index contributed by atoms with van der Waals surface area (Å²) >= 11 is 1.25. The van der Waals surface area contributed by atoms with E-state index >= 15 is 0 Å². The van der Waals surface area contributed by atoms with Gasteiger partial charge in [0, 0.05) is 26.0 Å². The predicted molar refractivity (Wildman–Crippen MR) is 91.6 cm³/mol. The number of amides is 1. The molecule has 132 valence electrons. The number of hydrogen-bond donors (Lipinski definition) is 2. The quantitative estimate of drug-likeness (QED) is 0.402. The van der Waals surface area contributed by atoms with Gasteiger partial charge >= 0.3 is 0 Å². The fourth-order valence-electron chi connectivity index (χ4n) is 2.11. The molecular weight excluding hydrogens is 330 g/mol. The van der Waals surface area contributed by atoms with Crippen LogP contribution in [-0.4, -0.2) is 56.1 Å². The molecule has 1 amide bonds. The first kappa shape index (κ1) is 18.3. The molecule has 0 saturated heterocycles. The van der Waals surface area contributed by atoms with Crippen LogP contribution in [0.15, 0.2) is 11.2 Å². The Bertz CT molecular complexity index is 697. The van der Waals surface area contributed by atoms with Crippen LogP contribution in [0.25, 0.3) is 5.95 Å². The number of nitrogen functional groups attached to an aromatic ring is 1. The first-order valence-electron chi connectivity index (χ1n) is 7.61. The van der Waals surface area contributed by atoms with E-state index in [2.05, 4.69) is 20.6 Å². The minimum Gasteiger partial charge on any atom is -0.385 e. The molecule has 0 bridgehead atoms. The molecule has 3 N–H and O–H groups in total. The topological polar surface area (TPSA) is 113 Å². The second-order valence-corrected chi connectivity index (χ2v) is 6.70. The van der Waals surface area contributed by atoms with Crippen molar-refractivity contribution >= 4 is 17.7 Å². The van der Waals surface area contributed by atoms with Crippen LogP contribution in [0.3, 0.4) is 0 Å². The predicted octanol–water partition coefficient (Wildman–Crippen LogP) is 0.428. The number of hydrogen-bond acceptors (Lipinski definition) is 7. The number of rotatable bonds is 8. The van der Waals surface area contributed by atoms with Gasteiger partial charge in [-0.3, -0.25) is 4.79 Å². The maximum atomic E-state index is 12.1. The molecule has 0 aliphatic rings. The Morgan fingerprint density at radius 2 is 2.21 bits per heavy atom. The summed E-state index contributed by atoms with van der Waals surface area (Å²) in [7, 11) is 1.63. The zero-order valence-corrected chi connectivity index (χ0v) is 15.1. The van der Waals surface area contributed by atoms with Crippen LogP contribution in [0.2, 0.25) is 0 Å². The number of thioether (sulfide) groups is 1. The van der Waals surface area contributed by atoms with Crippen molar-refractivity contribution in [2.45, 2.75) is 37.6 Å². The third-order valence-corrected chi connectivity index (χ3v) is 4.38. The number of nitrogens with zero attached hydrogens (tertiary/aromatic N) is 5. The molecule has 0 spiro atoms. The molecule has 0 aromatic carbocycles. The smallest absolute Gasteiger partial charge is 0.271 e. The standard InChI is InChI=1S/C14H23N7O2S/c1-9-8-10(2)21(19-9)13-17-18-14(20(13)15)24-11(3)12(22)16-6-5-7-23-4/h8,11H,5-7,15H2,1-4H3,(H,16,22). The van der Waals surface area contributed by atoms with Gasteiger partial charge in [-0.05, 0) is 33.3 Å². The molecule has 0 aliphatic heterocycles. The van der Waals surface area contributed by atoms with Crippen molar-refractivity contribution in [1.29, 1.82) is 0 Å². The van der Waals surface area contributed by atoms with E-state index in [1.807, 2.05) is 19.9 Å². The lowest BCUT2D eigenvalue weighted by atomic mass is 10.4. The van der Waals surface area contributed by atoms with E-state index in [-0.39, 0.29) is 11.2 Å². The Balaban J connectivity index is 2.01. The number of ether oxygens (including phenoxy) is 1. The Morgan fingerprint density at radius 3 is 2.83 bits per heavy atom. The number of aryl methyl sites for hydroxylation is 2. The molecule has 0 aliphatic carbocycles. The van der Waals surface area contributed by atoms with Gasteiger partial charge in [-0.2, -0.15) is 5.10 Å². The van der Waals surface area contributed by atoms with Crippen LogP contribution in [0, 0.1) is 13.8 Å². The molecule has 10 heteroatoms. The molecule has 9 nitrogen and oxygen atoms in total. The number of carbonyl (C=O) groups excluding carboxylic acids is 1. The number of methoxy groups -OCH3 is 1. The molecule has 1 atom stereocenters. The fraction of sp³-hybridized carbons (Fsp3) is 0.571. The molecular formula is C14H23N7O2S. The molecule has 2 heterocycles. The monoisotopic (exact) mass is 353 g/mol. The summed E-state index contributed by atoms with van der Waals surface area (Å²) in [5.41, 5.74) is 1.78. The lowest BCUT2D eigenvalue weighted by Crippen LogP contribution is -2.32. The molecule has 2 aromatic rings. The van der Waals surface area contributed by atoms with Gasteiger partial charge in [0.05, 0.1) is 10.9 Å². The summed E-state index contributed by atoms with van der Waals surface area (Å²) in [4.78, 5) is 12.1. The highest BCUT2D eigenvalue weighted by molar-refractivity contribution is 8.00. The number of nitrogens with two attached hydrogens (primary N) is 1. The van der Waals surface area contributed by atoms with Crippen molar-refractivity contribution < 1.29 is 9.53 Å². The second kappa shape index (κ2) is 8.15. The van der Waals surface area contributed by atoms with Crippen molar-refractivity contribution in [3.63, 3.8) is 0 Å². The largest absolute Gasteiger partial charge is 0.385 e. The highest BCUT2D eigenvalue weighted by atomic mass is 32.2. The molecule has 1 unspecified atom stereocenters. The van der Waals surface area contributed by atoms with Gasteiger partial charge in [0.15, 0.2) is 0 Å². The average Bonchev–Trinajstić information content (AvgIpc) is 3.06. The van der Waals surface area contributed by atoms with Crippen molar-refractivity contribution in [2.75, 3.05) is 26.1 Å². The maximum absolute atomic E-state index is 12.1. The van der Waals surface area contributed by atoms with Crippen LogP contribution in [-0.2, 0) is 9.53 Å². The van der Waals surface area contributed by atoms with Gasteiger partial charge in [-0.25, -0.2) is 9.36 Å². The first-order chi connectivity index (χ1) is 11.4. The normalized spacial score (nSPS) is 12.3. The summed E-state index contributed by atoms with van der Waals surface area (Å²) < 4.78 is 7.92. The molecule has 24 heavy (non-hydrogen) atoms. The summed E-state index contributed by atoms with van der Waals surface area (Å²) in [6.07, 6.45) is 0.773. The SMILES string of the molecule is COCCCNC(=O)C(C)Sc1nnc(-n2nc(C)cc2C)n1N. The Morgan fingerprint density at radius 1 is 1.46 bits per heavy atom. The molecule has 0 saturated carbocycles. The summed E-state index contributed by atoms with van der Waals surface area (Å²) in [6, 6.07) is 1.93. The Hall–Kier alpha value is -2.07. The maximum Gasteiger partial charge on any atom is 0.271 e. The third-order valence-electron chi connectivity index (χ3n) is 3.32. The number of aromatic nitrogens is 5. The van der Waals surface area contributed by atoms with Crippen LogP contribution in [0.5, 0.6) is 0 Å². The first-order valence-corrected chi connectivity index (χ1v) is 8.49. The minimum atomic E-state index is -0.340. The van der Waals surface area contributed by atoms with Crippen LogP contribution in [0.4, 0.5) is 0 Å². The van der Waals surface area contributed by atoms with Crippen LogP contribution < -0.4 is 11.2 Å². The summed E-state index contributed by atoms with van der Waals surface area (Å²) in [6.45, 7) is 6.80. The van der Waals surface area contributed by atoms with Gasteiger partial charge in [0.25, 0.3) is 5.95 Å². The zero-order valence-electron chi connectivity index (χ0n) is 14.3. The summed E-state index contributed by atoms with van der Waals surface area (Å²) in [5.74, 6) is 6.40. The van der Waals surface area contributed by atoms with E-state index < -0.39 is 0 Å². The highest BCUT2D eigenvalue weighted by Gasteiger charge is 2.20. The van der Waals surface area contributed by atoms with E-state index in [1.54, 1.807) is 18.7 Å². The second-order valence-electron chi connectivity index (χ2n) is 5.39. The molecule has 0 radical (unpaired) electrons. The molecule has 2 rings (SSSR count). The van der Waals surface area contributed by atoms with Crippen molar-refractivity contribution in [1.82, 2.24) is 30.0 Å². The fourth-order valence-corrected chi connectivity index (χ4v) is 2.90. The van der Waals surface area contributed by atoms with E-state index in [1.165, 1.54) is 16.4 Å². The lowest BCUT2D eigenvalue weighted by Gasteiger charge is -2.11. The zero-order chi connectivity index (χ0) is 17.7. The van der Waals surface area contributed by atoms with Gasteiger partial charge in [-0.15, -0.1) is 10.2 Å². The van der Waals surface area contributed by atoms with E-state index in [9.17, 15) is 4.79 Å². The van der Waals surface area contributed by atoms with Crippen molar-refractivity contribution in [3.8, 4) is 5.95 Å². The molecule has 0 fully saturated rings. The Labute approximate surface area is 144 Å². The molecule has 2 aromatic heterocycles. The highest BCUT2D eigenvalue weighted by Crippen LogP contribution is 2.22. The van der Waals surface area contributed by atoms with Crippen molar-refractivity contribution in [2.24, 2.45) is 0 Å². The van der Waals surface area contributed by atoms with Gasteiger partial charge in [-0.1, -0.05) is 11.8 Å². The number of nitrogens with one attached hydrogen (secondary N) is 1. The lowest BCUT2D eigenvalue weighted by molar-refractivity contribution is -0.120. The van der Waals surface area contributed by atoms with E-state index in [0.717, 1.165) is 17.8 Å². The summed E-state index contributed by atoms with van der Waals surface area (Å²) in [5, 5.41) is 15.5. The van der Waals surface area contributed by atoms with Crippen LogP contribution in [0.1, 0.15) is 24.7 Å². The average molecular weight is 353 g/mol. The van der Waals surface area contributed by atoms with Gasteiger partial charge in [0.2, 0.25) is 11.1 Å². The number of carbonyl (C=O) groups is 1. The van der Waals surface area contributed by atoms with Crippen LogP contribution >= 0.6 is 11.8 Å². The van der Waals surface area contributed by atoms with Gasteiger partial charge < -0.3 is 15.9 Å². The Kier molecular flexibility index (Phi) is 6.21. The third kappa shape index (κ3) is 4.26. The van der Waals surface area contributed by atoms with Gasteiger partial charge in [0.1, 0.15) is 0 Å².